The SMILES string of the molecule is O=C(CSC1=NS(=O)(=O)c2ccccc2N1Cc1ccccc1)N1CCCC1. The Morgan fingerprint density at radius 2 is 1.68 bits per heavy atom. The fourth-order valence-corrected chi connectivity index (χ4v) is 5.76. The van der Waals surface area contributed by atoms with E-state index in [-0.39, 0.29) is 16.6 Å². The number of fused-ring (bicyclic) bond motifs is 1. The van der Waals surface area contributed by atoms with E-state index in [4.69, 9.17) is 0 Å². The monoisotopic (exact) mass is 415 g/mol. The Kier molecular flexibility index (Phi) is 5.41. The van der Waals surface area contributed by atoms with Gasteiger partial charge in [0.2, 0.25) is 5.91 Å². The molecule has 2 heterocycles. The predicted molar refractivity (Wildman–Crippen MR) is 112 cm³/mol. The van der Waals surface area contributed by atoms with Gasteiger partial charge in [0.1, 0.15) is 4.90 Å². The average molecular weight is 416 g/mol. The molecule has 2 aromatic rings. The summed E-state index contributed by atoms with van der Waals surface area (Å²) in [4.78, 5) is 16.4. The summed E-state index contributed by atoms with van der Waals surface area (Å²) in [6.07, 6.45) is 2.05. The van der Waals surface area contributed by atoms with Gasteiger partial charge in [0.15, 0.2) is 5.17 Å². The lowest BCUT2D eigenvalue weighted by Crippen LogP contribution is -2.35. The van der Waals surface area contributed by atoms with Gasteiger partial charge in [0.05, 0.1) is 18.0 Å². The smallest absolute Gasteiger partial charge is 0.286 e. The maximum absolute atomic E-state index is 12.7. The number of carbonyl (C=O) groups is 1. The molecule has 4 rings (SSSR count). The predicted octanol–water partition coefficient (Wildman–Crippen LogP) is 3.11. The maximum atomic E-state index is 12.7. The van der Waals surface area contributed by atoms with Crippen molar-refractivity contribution in [3.05, 3.63) is 60.2 Å². The molecule has 1 amide bonds. The summed E-state index contributed by atoms with van der Waals surface area (Å²) in [5.74, 6) is 0.211. The van der Waals surface area contributed by atoms with E-state index in [1.54, 1.807) is 18.2 Å². The molecule has 2 aliphatic rings. The van der Waals surface area contributed by atoms with Crippen molar-refractivity contribution in [2.45, 2.75) is 24.3 Å². The number of nitrogens with zero attached hydrogens (tertiary/aromatic N) is 3. The lowest BCUT2D eigenvalue weighted by atomic mass is 10.2. The highest BCUT2D eigenvalue weighted by atomic mass is 32.2. The molecule has 0 bridgehead atoms. The summed E-state index contributed by atoms with van der Waals surface area (Å²) in [5.41, 5.74) is 1.63. The van der Waals surface area contributed by atoms with E-state index < -0.39 is 10.0 Å². The molecule has 0 aromatic heterocycles. The van der Waals surface area contributed by atoms with Crippen LogP contribution in [0, 0.1) is 0 Å². The molecule has 0 saturated carbocycles. The standard InChI is InChI=1S/C20H21N3O3S2/c24-19(22-12-6-7-13-22)15-27-20-21-28(25,26)18-11-5-4-10-17(18)23(20)14-16-8-2-1-3-9-16/h1-5,8-11H,6-7,12-15H2. The van der Waals surface area contributed by atoms with Gasteiger partial charge in [-0.05, 0) is 30.5 Å². The number of thioether (sulfide) groups is 1. The number of likely N-dealkylation sites (tertiary alicyclic amines) is 1. The first-order valence-corrected chi connectivity index (χ1v) is 11.6. The van der Waals surface area contributed by atoms with E-state index in [1.165, 1.54) is 11.8 Å². The first-order chi connectivity index (χ1) is 13.5. The van der Waals surface area contributed by atoms with Crippen molar-refractivity contribution in [1.29, 1.82) is 0 Å². The first kappa shape index (κ1) is 19.0. The molecule has 146 valence electrons. The number of rotatable bonds is 4. The van der Waals surface area contributed by atoms with E-state index in [2.05, 4.69) is 4.40 Å². The number of amides is 1. The van der Waals surface area contributed by atoms with Crippen LogP contribution in [0.15, 0.2) is 63.9 Å². The van der Waals surface area contributed by atoms with Gasteiger partial charge < -0.3 is 9.80 Å². The fraction of sp³-hybridized carbons (Fsp3) is 0.300. The summed E-state index contributed by atoms with van der Waals surface area (Å²) in [5, 5.41) is 0.343. The summed E-state index contributed by atoms with van der Waals surface area (Å²) in [6, 6.07) is 16.7. The van der Waals surface area contributed by atoms with Crippen LogP contribution in [-0.2, 0) is 21.4 Å². The van der Waals surface area contributed by atoms with Gasteiger partial charge >= 0.3 is 0 Å². The molecule has 0 unspecified atom stereocenters. The van der Waals surface area contributed by atoms with E-state index >= 15 is 0 Å². The number of hydrogen-bond donors (Lipinski definition) is 0. The summed E-state index contributed by atoms with van der Waals surface area (Å²) in [7, 11) is -3.78. The van der Waals surface area contributed by atoms with Crippen LogP contribution in [0.4, 0.5) is 5.69 Å². The summed E-state index contributed by atoms with van der Waals surface area (Å²) >= 11 is 1.19. The van der Waals surface area contributed by atoms with Gasteiger partial charge in [-0.1, -0.05) is 54.2 Å². The quantitative estimate of drug-likeness (QED) is 0.767. The Bertz CT molecular complexity index is 1000. The van der Waals surface area contributed by atoms with Crippen molar-refractivity contribution in [3.8, 4) is 0 Å². The van der Waals surface area contributed by atoms with Gasteiger partial charge in [-0.25, -0.2) is 0 Å². The number of amidine groups is 1. The lowest BCUT2D eigenvalue weighted by molar-refractivity contribution is -0.127. The summed E-state index contributed by atoms with van der Waals surface area (Å²) in [6.45, 7) is 2.04. The number of anilines is 1. The van der Waals surface area contributed by atoms with Crippen LogP contribution in [0.3, 0.4) is 0 Å². The van der Waals surface area contributed by atoms with Crippen molar-refractivity contribution in [2.24, 2.45) is 4.40 Å². The molecule has 0 N–H and O–H groups in total. The molecule has 2 aliphatic heterocycles. The number of para-hydroxylation sites is 1. The molecule has 1 fully saturated rings. The van der Waals surface area contributed by atoms with Gasteiger partial charge in [-0.15, -0.1) is 4.40 Å². The molecule has 0 atom stereocenters. The Morgan fingerprint density at radius 3 is 2.43 bits per heavy atom. The Hall–Kier alpha value is -2.32. The van der Waals surface area contributed by atoms with Crippen LogP contribution >= 0.6 is 11.8 Å². The van der Waals surface area contributed by atoms with Crippen molar-refractivity contribution >= 4 is 38.5 Å². The second-order valence-electron chi connectivity index (χ2n) is 6.76. The molecule has 0 aliphatic carbocycles. The topological polar surface area (TPSA) is 70.0 Å². The highest BCUT2D eigenvalue weighted by Gasteiger charge is 2.31. The third kappa shape index (κ3) is 3.93. The highest BCUT2D eigenvalue weighted by Crippen LogP contribution is 2.35. The normalized spacial score (nSPS) is 17.9. The third-order valence-corrected chi connectivity index (χ3v) is 7.22. The van der Waals surface area contributed by atoms with Crippen molar-refractivity contribution in [3.63, 3.8) is 0 Å². The van der Waals surface area contributed by atoms with Gasteiger partial charge in [-0.3, -0.25) is 4.79 Å². The minimum absolute atomic E-state index is 0.0288. The molecule has 2 aromatic carbocycles. The molecule has 0 radical (unpaired) electrons. The van der Waals surface area contributed by atoms with E-state index in [9.17, 15) is 13.2 Å². The highest BCUT2D eigenvalue weighted by molar-refractivity contribution is 8.15. The van der Waals surface area contributed by atoms with Crippen molar-refractivity contribution in [1.82, 2.24) is 4.90 Å². The molecular formula is C20H21N3O3S2. The van der Waals surface area contributed by atoms with Crippen LogP contribution in [0.1, 0.15) is 18.4 Å². The lowest BCUT2D eigenvalue weighted by Gasteiger charge is -2.30. The Morgan fingerprint density at radius 1 is 1.00 bits per heavy atom. The maximum Gasteiger partial charge on any atom is 0.286 e. The first-order valence-electron chi connectivity index (χ1n) is 9.21. The van der Waals surface area contributed by atoms with Crippen LogP contribution < -0.4 is 4.90 Å². The zero-order valence-electron chi connectivity index (χ0n) is 15.3. The van der Waals surface area contributed by atoms with Crippen LogP contribution in [-0.4, -0.2) is 43.2 Å². The Labute approximate surface area is 169 Å². The van der Waals surface area contributed by atoms with Gasteiger partial charge in [-0.2, -0.15) is 8.42 Å². The van der Waals surface area contributed by atoms with Crippen LogP contribution in [0.25, 0.3) is 0 Å². The fourth-order valence-electron chi connectivity index (χ4n) is 3.41. The van der Waals surface area contributed by atoms with E-state index in [1.807, 2.05) is 46.2 Å². The minimum Gasteiger partial charge on any atom is -0.342 e. The van der Waals surface area contributed by atoms with Crippen LogP contribution in [0.5, 0.6) is 0 Å². The van der Waals surface area contributed by atoms with Gasteiger partial charge in [0, 0.05) is 13.1 Å². The van der Waals surface area contributed by atoms with Crippen molar-refractivity contribution in [2.75, 3.05) is 23.7 Å². The zero-order valence-corrected chi connectivity index (χ0v) is 17.0. The van der Waals surface area contributed by atoms with Crippen molar-refractivity contribution < 1.29 is 13.2 Å². The molecule has 1 saturated heterocycles. The second-order valence-corrected chi connectivity index (χ2v) is 9.28. The Balaban J connectivity index is 1.63. The second kappa shape index (κ2) is 7.97. The zero-order chi connectivity index (χ0) is 19.6. The van der Waals surface area contributed by atoms with E-state index in [0.717, 1.165) is 31.5 Å². The molecule has 28 heavy (non-hydrogen) atoms. The molecule has 0 spiro atoms. The number of carbonyl (C=O) groups excluding carboxylic acids is 1. The largest absolute Gasteiger partial charge is 0.342 e. The number of sulfonamides is 1. The molecule has 8 heteroatoms. The average Bonchev–Trinajstić information content (AvgIpc) is 3.24. The number of hydrogen-bond acceptors (Lipinski definition) is 5. The minimum atomic E-state index is -3.78. The molecule has 6 nitrogen and oxygen atoms in total. The molecular weight excluding hydrogens is 394 g/mol. The number of benzene rings is 2. The van der Waals surface area contributed by atoms with E-state index in [0.29, 0.717) is 17.4 Å². The third-order valence-electron chi connectivity index (χ3n) is 4.83. The summed E-state index contributed by atoms with van der Waals surface area (Å²) < 4.78 is 29.4. The van der Waals surface area contributed by atoms with Gasteiger partial charge in [0.25, 0.3) is 10.0 Å². The van der Waals surface area contributed by atoms with Crippen LogP contribution in [0.2, 0.25) is 0 Å².